The normalized spacial score (nSPS) is 14.2. The van der Waals surface area contributed by atoms with Crippen LogP contribution in [0.25, 0.3) is 0 Å². The summed E-state index contributed by atoms with van der Waals surface area (Å²) in [6.45, 7) is 8.59. The molecule has 128 valence electrons. The number of halogens is 1. The minimum Gasteiger partial charge on any atom is -0.346 e. The number of nitrogens with zero attached hydrogens (tertiary/aromatic N) is 2. The lowest BCUT2D eigenvalue weighted by atomic mass is 10.1. The maximum Gasteiger partial charge on any atom is 0.256 e. The number of carbonyl (C=O) groups is 1. The van der Waals surface area contributed by atoms with E-state index < -0.39 is 0 Å². The van der Waals surface area contributed by atoms with E-state index in [-0.39, 0.29) is 17.8 Å². The number of hydrogen-bond donors (Lipinski definition) is 0. The average molecular weight is 328 g/mol. The molecule has 0 atom stereocenters. The molecule has 4 heteroatoms. The van der Waals surface area contributed by atoms with Crippen LogP contribution >= 0.6 is 0 Å². The molecule has 0 N–H and O–H groups in total. The standard InChI is InChI=1S/C20H25FN2O/c1-13(2)23-14(3)11-18(15(23)4)20(24)22(17-9-10-17)12-16-7-5-6-8-19(16)21/h5-8,11,13,17H,9-10,12H2,1-4H3. The summed E-state index contributed by atoms with van der Waals surface area (Å²) in [6.07, 6.45) is 2.01. The fourth-order valence-corrected chi connectivity index (χ4v) is 3.51. The van der Waals surface area contributed by atoms with Crippen molar-refractivity contribution in [3.63, 3.8) is 0 Å². The van der Waals surface area contributed by atoms with Crippen LogP contribution in [-0.4, -0.2) is 21.4 Å². The van der Waals surface area contributed by atoms with E-state index in [0.717, 1.165) is 29.8 Å². The maximum atomic E-state index is 14.0. The summed E-state index contributed by atoms with van der Waals surface area (Å²) in [6, 6.07) is 9.22. The van der Waals surface area contributed by atoms with Crippen LogP contribution in [0, 0.1) is 19.7 Å². The lowest BCUT2D eigenvalue weighted by molar-refractivity contribution is 0.0727. The highest BCUT2D eigenvalue weighted by atomic mass is 19.1. The first-order valence-corrected chi connectivity index (χ1v) is 8.63. The van der Waals surface area contributed by atoms with E-state index in [2.05, 4.69) is 18.4 Å². The number of rotatable bonds is 5. The van der Waals surface area contributed by atoms with Crippen molar-refractivity contribution in [2.24, 2.45) is 0 Å². The zero-order valence-electron chi connectivity index (χ0n) is 14.8. The molecule has 1 aromatic heterocycles. The van der Waals surface area contributed by atoms with E-state index in [4.69, 9.17) is 0 Å². The van der Waals surface area contributed by atoms with Gasteiger partial charge in [-0.25, -0.2) is 4.39 Å². The van der Waals surface area contributed by atoms with Gasteiger partial charge in [-0.15, -0.1) is 0 Å². The zero-order valence-corrected chi connectivity index (χ0v) is 14.8. The molecule has 1 fully saturated rings. The van der Waals surface area contributed by atoms with E-state index in [9.17, 15) is 9.18 Å². The number of benzene rings is 1. The summed E-state index contributed by atoms with van der Waals surface area (Å²) in [5.74, 6) is -0.232. The predicted octanol–water partition coefficient (Wildman–Crippen LogP) is 4.63. The molecule has 1 aliphatic carbocycles. The van der Waals surface area contributed by atoms with Gasteiger partial charge in [-0.2, -0.15) is 0 Å². The summed E-state index contributed by atoms with van der Waals surface area (Å²) in [5, 5.41) is 0. The third kappa shape index (κ3) is 3.10. The van der Waals surface area contributed by atoms with Crippen LogP contribution in [0.15, 0.2) is 30.3 Å². The fraction of sp³-hybridized carbons (Fsp3) is 0.450. The first-order valence-electron chi connectivity index (χ1n) is 8.63. The van der Waals surface area contributed by atoms with Gasteiger partial charge in [-0.05, 0) is 52.7 Å². The van der Waals surface area contributed by atoms with Gasteiger partial charge in [0.25, 0.3) is 5.91 Å². The van der Waals surface area contributed by atoms with Crippen LogP contribution in [-0.2, 0) is 6.54 Å². The quantitative estimate of drug-likeness (QED) is 0.785. The maximum absolute atomic E-state index is 14.0. The zero-order chi connectivity index (χ0) is 17.4. The van der Waals surface area contributed by atoms with Crippen molar-refractivity contribution in [2.75, 3.05) is 0 Å². The molecule has 1 heterocycles. The first-order chi connectivity index (χ1) is 11.4. The Hall–Kier alpha value is -2.10. The van der Waals surface area contributed by atoms with Crippen molar-refractivity contribution in [3.8, 4) is 0 Å². The van der Waals surface area contributed by atoms with Gasteiger partial charge >= 0.3 is 0 Å². The van der Waals surface area contributed by atoms with Crippen molar-refractivity contribution >= 4 is 5.91 Å². The molecule has 0 saturated heterocycles. The number of aryl methyl sites for hydroxylation is 1. The largest absolute Gasteiger partial charge is 0.346 e. The third-order valence-electron chi connectivity index (χ3n) is 4.78. The number of amides is 1. The molecule has 24 heavy (non-hydrogen) atoms. The molecule has 3 rings (SSSR count). The molecule has 0 spiro atoms. The number of aromatic nitrogens is 1. The highest BCUT2D eigenvalue weighted by molar-refractivity contribution is 5.96. The van der Waals surface area contributed by atoms with Crippen LogP contribution in [0.1, 0.15) is 60.0 Å². The second-order valence-electron chi connectivity index (χ2n) is 7.00. The van der Waals surface area contributed by atoms with Crippen LogP contribution in [0.2, 0.25) is 0 Å². The Balaban J connectivity index is 1.91. The molecule has 0 aliphatic heterocycles. The van der Waals surface area contributed by atoms with Crippen LogP contribution < -0.4 is 0 Å². The van der Waals surface area contributed by atoms with Crippen LogP contribution in [0.5, 0.6) is 0 Å². The molecule has 1 aliphatic rings. The fourth-order valence-electron chi connectivity index (χ4n) is 3.51. The molecule has 3 nitrogen and oxygen atoms in total. The van der Waals surface area contributed by atoms with Crippen molar-refractivity contribution in [1.82, 2.24) is 9.47 Å². The molecule has 1 saturated carbocycles. The van der Waals surface area contributed by atoms with E-state index in [1.807, 2.05) is 30.9 Å². The molecular formula is C20H25FN2O. The molecule has 0 radical (unpaired) electrons. The Kier molecular flexibility index (Phi) is 4.48. The van der Waals surface area contributed by atoms with Gasteiger partial charge in [0.1, 0.15) is 5.82 Å². The molecule has 1 amide bonds. The Morgan fingerprint density at radius 1 is 1.29 bits per heavy atom. The second kappa shape index (κ2) is 6.42. The molecular weight excluding hydrogens is 303 g/mol. The van der Waals surface area contributed by atoms with Gasteiger partial charge in [0.2, 0.25) is 0 Å². The SMILES string of the molecule is Cc1cc(C(=O)N(Cc2ccccc2F)C2CC2)c(C)n1C(C)C. The molecule has 0 unspecified atom stereocenters. The summed E-state index contributed by atoms with van der Waals surface area (Å²) >= 11 is 0. The van der Waals surface area contributed by atoms with E-state index >= 15 is 0 Å². The van der Waals surface area contributed by atoms with Crippen molar-refractivity contribution in [2.45, 2.75) is 59.2 Å². The van der Waals surface area contributed by atoms with Gasteiger partial charge < -0.3 is 9.47 Å². The Bertz CT molecular complexity index is 759. The van der Waals surface area contributed by atoms with Gasteiger partial charge in [0.05, 0.1) is 5.56 Å². The van der Waals surface area contributed by atoms with Crippen LogP contribution in [0.4, 0.5) is 4.39 Å². The van der Waals surface area contributed by atoms with Crippen molar-refractivity contribution in [3.05, 3.63) is 58.7 Å². The molecule has 0 bridgehead atoms. The minimum atomic E-state index is -0.247. The lowest BCUT2D eigenvalue weighted by Gasteiger charge is -2.23. The lowest BCUT2D eigenvalue weighted by Crippen LogP contribution is -2.33. The third-order valence-corrected chi connectivity index (χ3v) is 4.78. The number of hydrogen-bond acceptors (Lipinski definition) is 1. The Labute approximate surface area is 143 Å². The van der Waals surface area contributed by atoms with E-state index in [0.29, 0.717) is 18.2 Å². The van der Waals surface area contributed by atoms with Gasteiger partial charge in [-0.1, -0.05) is 18.2 Å². The van der Waals surface area contributed by atoms with E-state index in [1.54, 1.807) is 12.1 Å². The summed E-state index contributed by atoms with van der Waals surface area (Å²) in [7, 11) is 0. The van der Waals surface area contributed by atoms with Gasteiger partial charge in [0, 0.05) is 35.6 Å². The summed E-state index contributed by atoms with van der Waals surface area (Å²) < 4.78 is 16.2. The molecule has 1 aromatic carbocycles. The average Bonchev–Trinajstić information content (AvgIpc) is 3.31. The van der Waals surface area contributed by atoms with Crippen LogP contribution in [0.3, 0.4) is 0 Å². The molecule has 2 aromatic rings. The Morgan fingerprint density at radius 3 is 2.50 bits per heavy atom. The predicted molar refractivity (Wildman–Crippen MR) is 93.6 cm³/mol. The van der Waals surface area contributed by atoms with Gasteiger partial charge in [0.15, 0.2) is 0 Å². The number of carbonyl (C=O) groups excluding carboxylic acids is 1. The topological polar surface area (TPSA) is 25.2 Å². The summed E-state index contributed by atoms with van der Waals surface area (Å²) in [4.78, 5) is 15.0. The van der Waals surface area contributed by atoms with Crippen molar-refractivity contribution in [1.29, 1.82) is 0 Å². The minimum absolute atomic E-state index is 0.0146. The van der Waals surface area contributed by atoms with E-state index in [1.165, 1.54) is 6.07 Å². The van der Waals surface area contributed by atoms with Gasteiger partial charge in [-0.3, -0.25) is 4.79 Å². The second-order valence-corrected chi connectivity index (χ2v) is 7.00. The highest BCUT2D eigenvalue weighted by Gasteiger charge is 2.34. The monoisotopic (exact) mass is 328 g/mol. The van der Waals surface area contributed by atoms with Crippen molar-refractivity contribution < 1.29 is 9.18 Å². The summed E-state index contributed by atoms with van der Waals surface area (Å²) in [5.41, 5.74) is 3.40. The highest BCUT2D eigenvalue weighted by Crippen LogP contribution is 2.32. The smallest absolute Gasteiger partial charge is 0.256 e. The Morgan fingerprint density at radius 2 is 1.96 bits per heavy atom. The first kappa shape index (κ1) is 16.7.